The van der Waals surface area contributed by atoms with Crippen molar-refractivity contribution in [2.75, 3.05) is 6.26 Å². The molecule has 0 aliphatic rings. The van der Waals surface area contributed by atoms with Crippen LogP contribution in [0.5, 0.6) is 0 Å². The van der Waals surface area contributed by atoms with E-state index in [-0.39, 0.29) is 10.4 Å². The Morgan fingerprint density at radius 2 is 1.22 bits per heavy atom. The number of hydrogen-bond acceptors (Lipinski definition) is 4. The predicted molar refractivity (Wildman–Crippen MR) is 47.4 cm³/mol. The van der Waals surface area contributed by atoms with Crippen molar-refractivity contribution in [3.05, 3.63) is 0 Å². The van der Waals surface area contributed by atoms with Crippen molar-refractivity contribution >= 4 is 20.0 Å². The van der Waals surface area contributed by atoms with Gasteiger partial charge < -0.3 is 0 Å². The zero-order chi connectivity index (χ0) is 15.2. The van der Waals surface area contributed by atoms with Crippen molar-refractivity contribution in [1.29, 1.82) is 0 Å². The van der Waals surface area contributed by atoms with E-state index in [0.29, 0.717) is 0 Å². The second-order valence-electron chi connectivity index (χ2n) is 3.34. The van der Waals surface area contributed by atoms with Crippen LogP contribution in [0.1, 0.15) is 6.92 Å². The Bertz CT molecular complexity index is 519. The SMILES string of the molecule is CC(F)(F)C(F)(F)C(F)(F)S(=O)(=O)NS(C)(=O)=O. The maximum absolute atomic E-state index is 12.9. The number of nitrogens with one attached hydrogen (secondary N) is 1. The van der Waals surface area contributed by atoms with Gasteiger partial charge in [0, 0.05) is 6.92 Å². The van der Waals surface area contributed by atoms with E-state index in [1.165, 1.54) is 0 Å². The van der Waals surface area contributed by atoms with Crippen LogP contribution in [-0.2, 0) is 20.0 Å². The minimum Gasteiger partial charge on any atom is -0.212 e. The third-order valence-corrected chi connectivity index (χ3v) is 4.54. The van der Waals surface area contributed by atoms with E-state index in [2.05, 4.69) is 0 Å². The predicted octanol–water partition coefficient (Wildman–Crippen LogP) is 0.749. The number of hydrogen-bond donors (Lipinski definition) is 1. The number of rotatable bonds is 5. The van der Waals surface area contributed by atoms with Crippen molar-refractivity contribution < 1.29 is 43.2 Å². The lowest BCUT2D eigenvalue weighted by Gasteiger charge is -2.29. The van der Waals surface area contributed by atoms with E-state index in [1.54, 1.807) is 0 Å². The van der Waals surface area contributed by atoms with E-state index in [4.69, 9.17) is 0 Å². The van der Waals surface area contributed by atoms with Gasteiger partial charge in [0.1, 0.15) is 0 Å². The molecule has 0 saturated heterocycles. The molecular formula is C5H7F6NO4S2. The van der Waals surface area contributed by atoms with Gasteiger partial charge in [0.25, 0.3) is 10.0 Å². The van der Waals surface area contributed by atoms with E-state index in [0.717, 1.165) is 0 Å². The Kier molecular flexibility index (Phi) is 4.10. The van der Waals surface area contributed by atoms with Crippen LogP contribution in [0.2, 0.25) is 0 Å². The molecule has 0 aromatic rings. The van der Waals surface area contributed by atoms with E-state index < -0.39 is 44.1 Å². The first-order valence-electron chi connectivity index (χ1n) is 3.82. The van der Waals surface area contributed by atoms with Gasteiger partial charge in [0.15, 0.2) is 0 Å². The fraction of sp³-hybridized carbons (Fsp3) is 1.00. The van der Waals surface area contributed by atoms with Crippen LogP contribution in [0.25, 0.3) is 0 Å². The van der Waals surface area contributed by atoms with Gasteiger partial charge in [-0.15, -0.1) is 4.13 Å². The summed E-state index contributed by atoms with van der Waals surface area (Å²) >= 11 is 0. The Hall–Kier alpha value is -0.560. The normalized spacial score (nSPS) is 15.8. The minimum atomic E-state index is -6.56. The Labute approximate surface area is 98.3 Å². The molecule has 110 valence electrons. The third-order valence-electron chi connectivity index (χ3n) is 1.52. The molecule has 5 nitrogen and oxygen atoms in total. The molecule has 0 atom stereocenters. The molecule has 0 fully saturated rings. The van der Waals surface area contributed by atoms with Crippen molar-refractivity contribution in [1.82, 2.24) is 4.13 Å². The third kappa shape index (κ3) is 3.06. The molecule has 0 aliphatic heterocycles. The van der Waals surface area contributed by atoms with Crippen LogP contribution in [0.15, 0.2) is 0 Å². The molecule has 0 amide bonds. The fourth-order valence-corrected chi connectivity index (χ4v) is 3.21. The molecule has 18 heavy (non-hydrogen) atoms. The van der Waals surface area contributed by atoms with Crippen molar-refractivity contribution in [3.63, 3.8) is 0 Å². The van der Waals surface area contributed by atoms with Gasteiger partial charge >= 0.3 is 17.1 Å². The van der Waals surface area contributed by atoms with Gasteiger partial charge in [-0.05, 0) is 0 Å². The first kappa shape index (κ1) is 17.4. The average Bonchev–Trinajstić information content (AvgIpc) is 1.95. The highest BCUT2D eigenvalue weighted by molar-refractivity contribution is 8.04. The highest BCUT2D eigenvalue weighted by Crippen LogP contribution is 2.47. The standard InChI is InChI=1S/C5H7F6NO4S2/c1-3(6,7)4(8,9)5(10,11)18(15,16)12-17(2,13)14/h12H,1-2H3. The van der Waals surface area contributed by atoms with Crippen molar-refractivity contribution in [2.24, 2.45) is 0 Å². The minimum absolute atomic E-state index is 0.0723. The summed E-state index contributed by atoms with van der Waals surface area (Å²) in [6.07, 6.45) is 0.0723. The summed E-state index contributed by atoms with van der Waals surface area (Å²) in [5.74, 6) is -11.7. The summed E-state index contributed by atoms with van der Waals surface area (Å²) in [5, 5.41) is -6.32. The summed E-state index contributed by atoms with van der Waals surface area (Å²) < 4.78 is 118. The quantitative estimate of drug-likeness (QED) is 0.757. The molecular weight excluding hydrogens is 316 g/mol. The van der Waals surface area contributed by atoms with Gasteiger partial charge in [0.05, 0.1) is 6.26 Å². The summed E-state index contributed by atoms with van der Waals surface area (Å²) in [7, 11) is -11.4. The maximum Gasteiger partial charge on any atom is 0.427 e. The molecule has 0 radical (unpaired) electrons. The molecule has 0 rings (SSSR count). The van der Waals surface area contributed by atoms with Crippen LogP contribution >= 0.6 is 0 Å². The zero-order valence-corrected chi connectivity index (χ0v) is 10.4. The molecule has 0 aromatic heterocycles. The first-order valence-corrected chi connectivity index (χ1v) is 7.20. The van der Waals surface area contributed by atoms with Crippen LogP contribution in [0.3, 0.4) is 0 Å². The fourth-order valence-electron chi connectivity index (χ4n) is 0.676. The highest BCUT2D eigenvalue weighted by atomic mass is 32.3. The molecule has 0 aliphatic carbocycles. The monoisotopic (exact) mass is 323 g/mol. The van der Waals surface area contributed by atoms with E-state index in [1.807, 2.05) is 0 Å². The van der Waals surface area contributed by atoms with Gasteiger partial charge in [-0.25, -0.2) is 16.8 Å². The van der Waals surface area contributed by atoms with E-state index >= 15 is 0 Å². The number of halogens is 6. The molecule has 13 heteroatoms. The topological polar surface area (TPSA) is 80.3 Å². The molecule has 0 spiro atoms. The summed E-state index contributed by atoms with van der Waals surface area (Å²) in [6, 6.07) is 0. The number of sulfonamides is 2. The second-order valence-corrected chi connectivity index (χ2v) is 7.07. The lowest BCUT2D eigenvalue weighted by atomic mass is 10.2. The Balaban J connectivity index is 5.82. The summed E-state index contributed by atoms with van der Waals surface area (Å²) in [6.45, 7) is -0.628. The van der Waals surface area contributed by atoms with Crippen molar-refractivity contribution in [2.45, 2.75) is 24.0 Å². The molecule has 0 heterocycles. The zero-order valence-electron chi connectivity index (χ0n) is 8.72. The molecule has 0 aromatic carbocycles. The summed E-state index contributed by atoms with van der Waals surface area (Å²) in [4.78, 5) is 0. The first-order chi connectivity index (χ1) is 7.46. The Morgan fingerprint density at radius 3 is 1.44 bits per heavy atom. The molecule has 0 bridgehead atoms. The van der Waals surface area contributed by atoms with Gasteiger partial charge in [-0.3, -0.25) is 0 Å². The lowest BCUT2D eigenvalue weighted by Crippen LogP contribution is -2.59. The van der Waals surface area contributed by atoms with Gasteiger partial charge in [0.2, 0.25) is 10.0 Å². The van der Waals surface area contributed by atoms with Crippen molar-refractivity contribution in [3.8, 4) is 0 Å². The van der Waals surface area contributed by atoms with Gasteiger partial charge in [-0.2, -0.15) is 26.3 Å². The van der Waals surface area contributed by atoms with Gasteiger partial charge in [-0.1, -0.05) is 0 Å². The molecule has 0 saturated carbocycles. The lowest BCUT2D eigenvalue weighted by molar-refractivity contribution is -0.271. The largest absolute Gasteiger partial charge is 0.427 e. The molecule has 1 N–H and O–H groups in total. The highest BCUT2D eigenvalue weighted by Gasteiger charge is 2.75. The van der Waals surface area contributed by atoms with E-state index in [9.17, 15) is 43.2 Å². The average molecular weight is 323 g/mol. The smallest absolute Gasteiger partial charge is 0.212 e. The summed E-state index contributed by atoms with van der Waals surface area (Å²) in [5.41, 5.74) is 0. The number of alkyl halides is 6. The maximum atomic E-state index is 12.9. The Morgan fingerprint density at radius 1 is 0.889 bits per heavy atom. The van der Waals surface area contributed by atoms with Crippen LogP contribution in [-0.4, -0.2) is 40.2 Å². The van der Waals surface area contributed by atoms with Crippen LogP contribution in [0.4, 0.5) is 26.3 Å². The van der Waals surface area contributed by atoms with Crippen LogP contribution < -0.4 is 4.13 Å². The molecule has 0 unspecified atom stereocenters. The van der Waals surface area contributed by atoms with Crippen LogP contribution in [0, 0.1) is 0 Å². The second kappa shape index (κ2) is 4.23.